The monoisotopic (exact) mass is 385 g/mol. The van der Waals surface area contributed by atoms with Gasteiger partial charge in [-0.1, -0.05) is 42.1 Å². The van der Waals surface area contributed by atoms with Gasteiger partial charge in [-0.3, -0.25) is 9.13 Å². The quantitative estimate of drug-likeness (QED) is 0.445. The van der Waals surface area contributed by atoms with Crippen molar-refractivity contribution in [3.63, 3.8) is 0 Å². The van der Waals surface area contributed by atoms with E-state index in [1.165, 1.54) is 11.8 Å². The molecule has 4 rings (SSSR count). The summed E-state index contributed by atoms with van der Waals surface area (Å²) in [7, 11) is 0. The summed E-state index contributed by atoms with van der Waals surface area (Å²) in [4.78, 5) is 4.44. The molecule has 5 nitrogen and oxygen atoms in total. The van der Waals surface area contributed by atoms with E-state index in [2.05, 4.69) is 15.2 Å². The van der Waals surface area contributed by atoms with Crippen LogP contribution in [-0.2, 0) is 0 Å². The van der Waals surface area contributed by atoms with Crippen molar-refractivity contribution in [2.24, 2.45) is 0 Å². The summed E-state index contributed by atoms with van der Waals surface area (Å²) in [5.74, 6) is 0.315. The van der Waals surface area contributed by atoms with Gasteiger partial charge in [0, 0.05) is 0 Å². The Morgan fingerprint density at radius 2 is 1.78 bits per heavy atom. The van der Waals surface area contributed by atoms with Gasteiger partial charge in [-0.15, -0.1) is 10.2 Å². The van der Waals surface area contributed by atoms with Crippen LogP contribution < -0.4 is 0 Å². The number of halogens is 2. The summed E-state index contributed by atoms with van der Waals surface area (Å²) in [6.07, 6.45) is 1.63. The van der Waals surface area contributed by atoms with Crippen molar-refractivity contribution in [3.8, 4) is 5.69 Å². The molecule has 0 radical (unpaired) electrons. The Morgan fingerprint density at radius 1 is 1.04 bits per heavy atom. The number of rotatable bonds is 5. The molecule has 2 aromatic heterocycles. The van der Waals surface area contributed by atoms with Crippen LogP contribution in [0.5, 0.6) is 0 Å². The third-order valence-electron chi connectivity index (χ3n) is 4.36. The highest BCUT2D eigenvalue weighted by atomic mass is 32.2. The maximum atomic E-state index is 13.7. The Bertz CT molecular complexity index is 1090. The Morgan fingerprint density at radius 3 is 2.56 bits per heavy atom. The van der Waals surface area contributed by atoms with E-state index in [-0.39, 0.29) is 5.25 Å². The first-order valence-corrected chi connectivity index (χ1v) is 9.32. The van der Waals surface area contributed by atoms with Crippen LogP contribution in [0, 0.1) is 6.92 Å². The predicted molar refractivity (Wildman–Crippen MR) is 101 cm³/mol. The number of para-hydroxylation sites is 3. The lowest BCUT2D eigenvalue weighted by Gasteiger charge is -2.14. The lowest BCUT2D eigenvalue weighted by molar-refractivity contribution is 0.0715. The first-order valence-electron chi connectivity index (χ1n) is 8.44. The fraction of sp³-hybridized carbons (Fsp3) is 0.211. The molecule has 0 bridgehead atoms. The van der Waals surface area contributed by atoms with E-state index in [9.17, 15) is 8.78 Å². The number of thioether (sulfide) groups is 1. The van der Waals surface area contributed by atoms with Crippen molar-refractivity contribution in [1.29, 1.82) is 0 Å². The molecular weight excluding hydrogens is 368 g/mol. The first-order chi connectivity index (χ1) is 13.1. The summed E-state index contributed by atoms with van der Waals surface area (Å²) in [5, 5.41) is 8.48. The molecule has 0 aliphatic rings. The minimum atomic E-state index is -2.66. The summed E-state index contributed by atoms with van der Waals surface area (Å²) in [6.45, 7) is 1.19. The van der Waals surface area contributed by atoms with Gasteiger partial charge in [-0.2, -0.15) is 8.78 Å². The normalized spacial score (nSPS) is 12.8. The van der Waals surface area contributed by atoms with Crippen molar-refractivity contribution >= 4 is 22.8 Å². The lowest BCUT2D eigenvalue weighted by Crippen LogP contribution is -2.07. The van der Waals surface area contributed by atoms with E-state index in [0.717, 1.165) is 15.8 Å². The van der Waals surface area contributed by atoms with Gasteiger partial charge in [-0.05, 0) is 37.6 Å². The zero-order valence-electron chi connectivity index (χ0n) is 14.8. The van der Waals surface area contributed by atoms with Crippen LogP contribution in [-0.4, -0.2) is 24.3 Å². The van der Waals surface area contributed by atoms with Gasteiger partial charge in [0.2, 0.25) is 0 Å². The number of fused-ring (bicyclic) bond motifs is 1. The van der Waals surface area contributed by atoms with Crippen LogP contribution in [0.1, 0.15) is 30.1 Å². The van der Waals surface area contributed by atoms with E-state index in [4.69, 9.17) is 0 Å². The molecule has 27 heavy (non-hydrogen) atoms. The van der Waals surface area contributed by atoms with Gasteiger partial charge in [0.1, 0.15) is 12.2 Å². The lowest BCUT2D eigenvalue weighted by atomic mass is 10.2. The maximum absolute atomic E-state index is 13.7. The number of benzene rings is 2. The third-order valence-corrected chi connectivity index (χ3v) is 5.41. The molecule has 2 heterocycles. The maximum Gasteiger partial charge on any atom is 0.320 e. The summed E-state index contributed by atoms with van der Waals surface area (Å²) in [5.41, 5.74) is 3.02. The van der Waals surface area contributed by atoms with Crippen LogP contribution in [0.3, 0.4) is 0 Å². The smallest absolute Gasteiger partial charge is 0.276 e. The molecule has 0 aliphatic heterocycles. The fourth-order valence-corrected chi connectivity index (χ4v) is 4.01. The van der Waals surface area contributed by atoms with Gasteiger partial charge in [0.15, 0.2) is 5.16 Å². The van der Waals surface area contributed by atoms with E-state index in [1.54, 1.807) is 30.6 Å². The van der Waals surface area contributed by atoms with Crippen molar-refractivity contribution in [1.82, 2.24) is 24.3 Å². The minimum absolute atomic E-state index is 0.315. The summed E-state index contributed by atoms with van der Waals surface area (Å²) in [6, 6.07) is 14.8. The fourth-order valence-electron chi connectivity index (χ4n) is 3.07. The molecule has 8 heteroatoms. The largest absolute Gasteiger partial charge is 0.320 e. The van der Waals surface area contributed by atoms with Crippen LogP contribution >= 0.6 is 11.8 Å². The number of hydrogen-bond acceptors (Lipinski definition) is 4. The number of imidazole rings is 1. The average Bonchev–Trinajstić information content (AvgIpc) is 3.26. The Labute approximate surface area is 159 Å². The van der Waals surface area contributed by atoms with Gasteiger partial charge in [-0.25, -0.2) is 4.98 Å². The van der Waals surface area contributed by atoms with Crippen LogP contribution in [0.15, 0.2) is 60.0 Å². The molecule has 1 atom stereocenters. The predicted octanol–water partition coefficient (Wildman–Crippen LogP) is 5.17. The van der Waals surface area contributed by atoms with Crippen LogP contribution in [0.25, 0.3) is 16.7 Å². The third kappa shape index (κ3) is 3.21. The number of alkyl halides is 2. The molecule has 0 aliphatic carbocycles. The van der Waals surface area contributed by atoms with Gasteiger partial charge >= 0.3 is 6.55 Å². The highest BCUT2D eigenvalue weighted by Gasteiger charge is 2.24. The molecule has 4 aromatic rings. The molecule has 2 aromatic carbocycles. The van der Waals surface area contributed by atoms with Gasteiger partial charge in [0.05, 0.1) is 22.0 Å². The molecule has 1 unspecified atom stereocenters. The zero-order chi connectivity index (χ0) is 19.0. The van der Waals surface area contributed by atoms with Crippen LogP contribution in [0.4, 0.5) is 8.78 Å². The topological polar surface area (TPSA) is 48.5 Å². The number of aryl methyl sites for hydroxylation is 1. The zero-order valence-corrected chi connectivity index (χ0v) is 15.6. The Balaban J connectivity index is 1.72. The Hall–Kier alpha value is -2.74. The van der Waals surface area contributed by atoms with Gasteiger partial charge in [0.25, 0.3) is 0 Å². The van der Waals surface area contributed by atoms with E-state index in [0.29, 0.717) is 22.0 Å². The van der Waals surface area contributed by atoms with Gasteiger partial charge < -0.3 is 0 Å². The number of hydrogen-bond donors (Lipinski definition) is 0. The molecule has 0 saturated heterocycles. The standard InChI is InChI=1S/C19H17F2N5S/c1-12-7-3-5-9-15(12)25-11-22-24-19(25)27-13(2)17-23-14-8-4-6-10-16(14)26(17)18(20)21/h3-11,13,18H,1-2H3. The second-order valence-electron chi connectivity index (χ2n) is 6.14. The minimum Gasteiger partial charge on any atom is -0.276 e. The van der Waals surface area contributed by atoms with E-state index in [1.807, 2.05) is 42.7 Å². The summed E-state index contributed by atoms with van der Waals surface area (Å²) < 4.78 is 30.3. The molecule has 0 amide bonds. The van der Waals surface area contributed by atoms with Crippen molar-refractivity contribution in [2.75, 3.05) is 0 Å². The molecule has 0 fully saturated rings. The number of nitrogens with zero attached hydrogens (tertiary/aromatic N) is 5. The highest BCUT2D eigenvalue weighted by Crippen LogP contribution is 2.37. The molecule has 138 valence electrons. The van der Waals surface area contributed by atoms with Crippen molar-refractivity contribution in [2.45, 2.75) is 30.8 Å². The SMILES string of the molecule is Cc1ccccc1-n1cnnc1SC(C)c1nc2ccccc2n1C(F)F. The van der Waals surface area contributed by atoms with E-state index >= 15 is 0 Å². The average molecular weight is 385 g/mol. The Kier molecular flexibility index (Phi) is 4.65. The molecule has 0 spiro atoms. The molecule has 0 N–H and O–H groups in total. The second-order valence-corrected chi connectivity index (χ2v) is 7.44. The summed E-state index contributed by atoms with van der Waals surface area (Å²) >= 11 is 1.35. The highest BCUT2D eigenvalue weighted by molar-refractivity contribution is 7.99. The first kappa shape index (κ1) is 17.7. The number of aromatic nitrogens is 5. The molecular formula is C19H17F2N5S. The van der Waals surface area contributed by atoms with E-state index < -0.39 is 6.55 Å². The molecule has 0 saturated carbocycles. The second kappa shape index (κ2) is 7.11. The van der Waals surface area contributed by atoms with Crippen molar-refractivity contribution in [3.05, 3.63) is 66.2 Å². The van der Waals surface area contributed by atoms with Crippen molar-refractivity contribution < 1.29 is 8.78 Å². The van der Waals surface area contributed by atoms with Crippen LogP contribution in [0.2, 0.25) is 0 Å².